The molecule has 20 heavy (non-hydrogen) atoms. The van der Waals surface area contributed by atoms with E-state index < -0.39 is 0 Å². The first-order valence-corrected chi connectivity index (χ1v) is 6.35. The predicted molar refractivity (Wildman–Crippen MR) is 77.7 cm³/mol. The van der Waals surface area contributed by atoms with Crippen molar-refractivity contribution in [3.05, 3.63) is 47.8 Å². The van der Waals surface area contributed by atoms with Gasteiger partial charge in [0.1, 0.15) is 5.82 Å². The maximum atomic E-state index is 14.0. The maximum Gasteiger partial charge on any atom is 0.161 e. The van der Waals surface area contributed by atoms with E-state index in [1.165, 1.54) is 6.07 Å². The van der Waals surface area contributed by atoms with E-state index in [2.05, 4.69) is 5.32 Å². The topological polar surface area (TPSA) is 30.5 Å². The van der Waals surface area contributed by atoms with Gasteiger partial charge in [-0.05, 0) is 36.4 Å². The number of nitrogens with one attached hydrogen (secondary N) is 1. The van der Waals surface area contributed by atoms with E-state index in [1.807, 2.05) is 25.2 Å². The fraction of sp³-hybridized carbons (Fsp3) is 0.250. The zero-order chi connectivity index (χ0) is 14.5. The zero-order valence-electron chi connectivity index (χ0n) is 11.9. The molecule has 0 aliphatic rings. The fourth-order valence-corrected chi connectivity index (χ4v) is 2.19. The Balaban J connectivity index is 2.64. The van der Waals surface area contributed by atoms with Crippen molar-refractivity contribution in [2.45, 2.75) is 6.54 Å². The van der Waals surface area contributed by atoms with Gasteiger partial charge < -0.3 is 14.8 Å². The number of benzene rings is 2. The van der Waals surface area contributed by atoms with Crippen molar-refractivity contribution in [1.82, 2.24) is 5.32 Å². The summed E-state index contributed by atoms with van der Waals surface area (Å²) in [7, 11) is 5.01. The highest BCUT2D eigenvalue weighted by Gasteiger charge is 2.14. The van der Waals surface area contributed by atoms with Gasteiger partial charge in [0.05, 0.1) is 14.2 Å². The van der Waals surface area contributed by atoms with Crippen molar-refractivity contribution in [3.8, 4) is 22.6 Å². The molecule has 0 unspecified atom stereocenters. The number of hydrogen-bond donors (Lipinski definition) is 1. The number of rotatable bonds is 5. The zero-order valence-corrected chi connectivity index (χ0v) is 11.9. The molecular weight excluding hydrogens is 257 g/mol. The van der Waals surface area contributed by atoms with Gasteiger partial charge in [-0.3, -0.25) is 0 Å². The SMILES string of the molecule is CNCc1cc(OC)c(OC)cc1-c1ccccc1F. The lowest BCUT2D eigenvalue weighted by Gasteiger charge is -2.15. The van der Waals surface area contributed by atoms with Crippen LogP contribution in [0.15, 0.2) is 36.4 Å². The summed E-state index contributed by atoms with van der Waals surface area (Å²) < 4.78 is 24.6. The third kappa shape index (κ3) is 2.75. The summed E-state index contributed by atoms with van der Waals surface area (Å²) in [4.78, 5) is 0. The molecule has 0 spiro atoms. The fourth-order valence-electron chi connectivity index (χ4n) is 2.19. The minimum atomic E-state index is -0.253. The molecule has 2 rings (SSSR count). The van der Waals surface area contributed by atoms with Crippen molar-refractivity contribution in [2.75, 3.05) is 21.3 Å². The van der Waals surface area contributed by atoms with Crippen LogP contribution in [-0.2, 0) is 6.54 Å². The normalized spacial score (nSPS) is 10.4. The minimum Gasteiger partial charge on any atom is -0.493 e. The molecule has 0 atom stereocenters. The van der Waals surface area contributed by atoms with Crippen LogP contribution in [0.4, 0.5) is 4.39 Å². The van der Waals surface area contributed by atoms with Gasteiger partial charge in [-0.25, -0.2) is 4.39 Å². The van der Waals surface area contributed by atoms with Gasteiger partial charge in [0, 0.05) is 12.1 Å². The molecule has 0 saturated heterocycles. The molecule has 0 aliphatic heterocycles. The van der Waals surface area contributed by atoms with Crippen LogP contribution in [0.2, 0.25) is 0 Å². The largest absolute Gasteiger partial charge is 0.493 e. The lowest BCUT2D eigenvalue weighted by molar-refractivity contribution is 0.354. The molecule has 1 N–H and O–H groups in total. The van der Waals surface area contributed by atoms with Crippen molar-refractivity contribution in [2.24, 2.45) is 0 Å². The Labute approximate surface area is 118 Å². The molecule has 4 heteroatoms. The van der Waals surface area contributed by atoms with Crippen LogP contribution in [0.1, 0.15) is 5.56 Å². The van der Waals surface area contributed by atoms with Crippen LogP contribution in [0.25, 0.3) is 11.1 Å². The number of hydrogen-bond acceptors (Lipinski definition) is 3. The molecule has 0 saturated carbocycles. The van der Waals surface area contributed by atoms with Crippen molar-refractivity contribution in [1.29, 1.82) is 0 Å². The predicted octanol–water partition coefficient (Wildman–Crippen LogP) is 3.23. The summed E-state index contributed by atoms with van der Waals surface area (Å²) in [5, 5.41) is 3.08. The summed E-state index contributed by atoms with van der Waals surface area (Å²) in [5.74, 6) is 0.973. The molecular formula is C16H18FNO2. The van der Waals surface area contributed by atoms with Crippen LogP contribution >= 0.6 is 0 Å². The number of ether oxygens (including phenoxy) is 2. The van der Waals surface area contributed by atoms with Gasteiger partial charge in [-0.1, -0.05) is 18.2 Å². The second kappa shape index (κ2) is 6.39. The van der Waals surface area contributed by atoms with Crippen LogP contribution in [-0.4, -0.2) is 21.3 Å². The average molecular weight is 275 g/mol. The Morgan fingerprint density at radius 3 is 2.25 bits per heavy atom. The number of methoxy groups -OCH3 is 2. The van der Waals surface area contributed by atoms with Gasteiger partial charge >= 0.3 is 0 Å². The summed E-state index contributed by atoms with van der Waals surface area (Å²) in [6, 6.07) is 10.4. The van der Waals surface area contributed by atoms with Gasteiger partial charge in [-0.15, -0.1) is 0 Å². The minimum absolute atomic E-state index is 0.253. The molecule has 0 aromatic heterocycles. The smallest absolute Gasteiger partial charge is 0.161 e. The Kier molecular flexibility index (Phi) is 4.58. The third-order valence-electron chi connectivity index (χ3n) is 3.14. The van der Waals surface area contributed by atoms with Crippen LogP contribution < -0.4 is 14.8 Å². The summed E-state index contributed by atoms with van der Waals surface area (Å²) in [6.07, 6.45) is 0. The highest BCUT2D eigenvalue weighted by atomic mass is 19.1. The number of halogens is 1. The molecule has 2 aromatic rings. The maximum absolute atomic E-state index is 14.0. The van der Waals surface area contributed by atoms with E-state index >= 15 is 0 Å². The van der Waals surface area contributed by atoms with Crippen molar-refractivity contribution >= 4 is 0 Å². The third-order valence-corrected chi connectivity index (χ3v) is 3.14. The van der Waals surface area contributed by atoms with Crippen LogP contribution in [0, 0.1) is 5.82 Å². The quantitative estimate of drug-likeness (QED) is 0.908. The highest BCUT2D eigenvalue weighted by Crippen LogP contribution is 2.36. The Morgan fingerprint density at radius 2 is 1.65 bits per heavy atom. The molecule has 0 aliphatic carbocycles. The molecule has 0 radical (unpaired) electrons. The van der Waals surface area contributed by atoms with Crippen LogP contribution in [0.3, 0.4) is 0 Å². The van der Waals surface area contributed by atoms with Gasteiger partial charge in [0.25, 0.3) is 0 Å². The van der Waals surface area contributed by atoms with E-state index in [1.54, 1.807) is 26.4 Å². The summed E-state index contributed by atoms with van der Waals surface area (Å²) >= 11 is 0. The molecule has 106 valence electrons. The Morgan fingerprint density at radius 1 is 1.00 bits per heavy atom. The first kappa shape index (κ1) is 14.3. The average Bonchev–Trinajstić information content (AvgIpc) is 2.48. The van der Waals surface area contributed by atoms with Crippen LogP contribution in [0.5, 0.6) is 11.5 Å². The molecule has 2 aromatic carbocycles. The second-order valence-electron chi connectivity index (χ2n) is 4.37. The Hall–Kier alpha value is -2.07. The summed E-state index contributed by atoms with van der Waals surface area (Å²) in [6.45, 7) is 0.615. The van der Waals surface area contributed by atoms with Gasteiger partial charge in [-0.2, -0.15) is 0 Å². The molecule has 0 amide bonds. The lowest BCUT2D eigenvalue weighted by Crippen LogP contribution is -2.07. The molecule has 0 heterocycles. The summed E-state index contributed by atoms with van der Waals surface area (Å²) in [5.41, 5.74) is 2.31. The first-order chi connectivity index (χ1) is 9.71. The standard InChI is InChI=1S/C16H18FNO2/c1-18-10-11-8-15(19-2)16(20-3)9-13(11)12-6-4-5-7-14(12)17/h4-9,18H,10H2,1-3H3. The first-order valence-electron chi connectivity index (χ1n) is 6.35. The lowest BCUT2D eigenvalue weighted by atomic mass is 9.98. The second-order valence-corrected chi connectivity index (χ2v) is 4.37. The van der Waals surface area contributed by atoms with Crippen molar-refractivity contribution in [3.63, 3.8) is 0 Å². The highest BCUT2D eigenvalue weighted by molar-refractivity contribution is 5.71. The van der Waals surface area contributed by atoms with Gasteiger partial charge in [0.2, 0.25) is 0 Å². The van der Waals surface area contributed by atoms with Crippen molar-refractivity contribution < 1.29 is 13.9 Å². The van der Waals surface area contributed by atoms with E-state index in [4.69, 9.17) is 9.47 Å². The van der Waals surface area contributed by atoms with E-state index in [-0.39, 0.29) is 5.82 Å². The van der Waals surface area contributed by atoms with E-state index in [9.17, 15) is 4.39 Å². The van der Waals surface area contributed by atoms with E-state index in [0.29, 0.717) is 23.6 Å². The Bertz CT molecular complexity index is 599. The van der Waals surface area contributed by atoms with Gasteiger partial charge in [0.15, 0.2) is 11.5 Å². The molecule has 0 fully saturated rings. The van der Waals surface area contributed by atoms with E-state index in [0.717, 1.165) is 11.1 Å². The molecule has 0 bridgehead atoms. The molecule has 3 nitrogen and oxygen atoms in total. The monoisotopic (exact) mass is 275 g/mol.